The molecule has 3 nitrogen and oxygen atoms in total. The van der Waals surface area contributed by atoms with Gasteiger partial charge < -0.3 is 9.30 Å². The Hall–Kier alpha value is -1.86. The fourth-order valence-electron chi connectivity index (χ4n) is 1.36. The van der Waals surface area contributed by atoms with Gasteiger partial charge in [-0.1, -0.05) is 35.9 Å². The van der Waals surface area contributed by atoms with E-state index in [1.807, 2.05) is 18.2 Å². The molecule has 0 saturated carbocycles. The minimum absolute atomic E-state index is 0.479. The van der Waals surface area contributed by atoms with Crippen molar-refractivity contribution in [1.29, 1.82) is 0 Å². The number of aryl methyl sites for hydroxylation is 1. The Morgan fingerprint density at radius 2 is 1.58 bits per heavy atom. The van der Waals surface area contributed by atoms with Crippen molar-refractivity contribution in [2.75, 3.05) is 7.11 Å². The molecule has 0 radical (unpaired) electrons. The SMILES string of the molecule is COc1ccc([PH](=O)C=O)cc1.Cc1ccccc1. The molecule has 0 spiro atoms. The molecule has 2 aromatic rings. The van der Waals surface area contributed by atoms with Crippen molar-refractivity contribution in [2.45, 2.75) is 6.92 Å². The van der Waals surface area contributed by atoms with Crippen LogP contribution in [0.15, 0.2) is 54.6 Å². The molecule has 0 aliphatic rings. The molecule has 4 heteroatoms. The van der Waals surface area contributed by atoms with Crippen molar-refractivity contribution in [3.8, 4) is 5.75 Å². The Labute approximate surface area is 114 Å². The molecule has 0 saturated heterocycles. The van der Waals surface area contributed by atoms with Gasteiger partial charge in [-0.15, -0.1) is 0 Å². The summed E-state index contributed by atoms with van der Waals surface area (Å²) in [5, 5.41) is 0.566. The third-order valence-electron chi connectivity index (χ3n) is 2.42. The van der Waals surface area contributed by atoms with E-state index in [2.05, 4.69) is 19.1 Å². The van der Waals surface area contributed by atoms with Crippen LogP contribution in [-0.2, 0) is 9.36 Å². The number of hydrogen-bond donors (Lipinski definition) is 0. The van der Waals surface area contributed by atoms with Crippen LogP contribution in [0, 0.1) is 6.92 Å². The first-order valence-electron chi connectivity index (χ1n) is 5.82. The van der Waals surface area contributed by atoms with Gasteiger partial charge in [0.15, 0.2) is 13.8 Å². The third kappa shape index (κ3) is 5.54. The summed E-state index contributed by atoms with van der Waals surface area (Å²) in [4.78, 5) is 10.2. The van der Waals surface area contributed by atoms with Crippen LogP contribution in [0.4, 0.5) is 0 Å². The van der Waals surface area contributed by atoms with Gasteiger partial charge in [-0.25, -0.2) is 0 Å². The van der Waals surface area contributed by atoms with E-state index in [1.54, 1.807) is 31.4 Å². The normalized spacial score (nSPS) is 10.8. The van der Waals surface area contributed by atoms with Crippen molar-refractivity contribution >= 4 is 19.1 Å². The maximum atomic E-state index is 11.0. The van der Waals surface area contributed by atoms with Gasteiger partial charge in [0, 0.05) is 5.30 Å². The van der Waals surface area contributed by atoms with Crippen molar-refractivity contribution in [3.63, 3.8) is 0 Å². The molecule has 0 fully saturated rings. The second-order valence-corrected chi connectivity index (χ2v) is 5.41. The Morgan fingerprint density at radius 1 is 1.00 bits per heavy atom. The summed E-state index contributed by atoms with van der Waals surface area (Å²) in [6.45, 7) is 2.08. The van der Waals surface area contributed by atoms with Crippen LogP contribution in [0.25, 0.3) is 0 Å². The second kappa shape index (κ2) is 8.28. The van der Waals surface area contributed by atoms with E-state index >= 15 is 0 Å². The zero-order valence-corrected chi connectivity index (χ0v) is 12.0. The molecular weight excluding hydrogens is 259 g/mol. The molecule has 19 heavy (non-hydrogen) atoms. The zero-order chi connectivity index (χ0) is 14.1. The fraction of sp³-hybridized carbons (Fsp3) is 0.133. The third-order valence-corrected chi connectivity index (χ3v) is 3.54. The van der Waals surface area contributed by atoms with Gasteiger partial charge in [-0.3, -0.25) is 4.79 Å². The summed E-state index contributed by atoms with van der Waals surface area (Å²) in [6.07, 6.45) is 0. The smallest absolute Gasteiger partial charge is 0.180 e. The summed E-state index contributed by atoms with van der Waals surface area (Å²) in [6, 6.07) is 17.4. The van der Waals surface area contributed by atoms with Gasteiger partial charge in [0.1, 0.15) is 5.75 Å². The van der Waals surface area contributed by atoms with Crippen molar-refractivity contribution in [3.05, 3.63) is 60.2 Å². The van der Waals surface area contributed by atoms with Crippen LogP contribution in [0.2, 0.25) is 0 Å². The first-order chi connectivity index (χ1) is 9.17. The van der Waals surface area contributed by atoms with Gasteiger partial charge in [-0.2, -0.15) is 0 Å². The largest absolute Gasteiger partial charge is 0.497 e. The monoisotopic (exact) mass is 276 g/mol. The average Bonchev–Trinajstić information content (AvgIpc) is 2.48. The Bertz CT molecular complexity index is 521. The minimum Gasteiger partial charge on any atom is -0.497 e. The van der Waals surface area contributed by atoms with Crippen LogP contribution in [0.1, 0.15) is 5.56 Å². The first kappa shape index (κ1) is 15.2. The van der Waals surface area contributed by atoms with Gasteiger partial charge in [0.25, 0.3) is 0 Å². The van der Waals surface area contributed by atoms with E-state index in [1.165, 1.54) is 5.56 Å². The lowest BCUT2D eigenvalue weighted by Gasteiger charge is -1.99. The van der Waals surface area contributed by atoms with Crippen molar-refractivity contribution in [2.24, 2.45) is 0 Å². The molecule has 100 valence electrons. The maximum Gasteiger partial charge on any atom is 0.180 e. The number of carbonyl (C=O) groups excluding carboxylic acids is 1. The van der Waals surface area contributed by atoms with E-state index in [9.17, 15) is 9.36 Å². The van der Waals surface area contributed by atoms with Gasteiger partial charge in [0.2, 0.25) is 0 Å². The zero-order valence-electron chi connectivity index (χ0n) is 11.0. The molecule has 0 aliphatic carbocycles. The number of ether oxygens (including phenoxy) is 1. The van der Waals surface area contributed by atoms with Gasteiger partial charge >= 0.3 is 0 Å². The number of rotatable bonds is 3. The highest BCUT2D eigenvalue weighted by atomic mass is 31.1. The molecule has 1 unspecified atom stereocenters. The van der Waals surface area contributed by atoms with Gasteiger partial charge in [0.05, 0.1) is 7.11 Å². The van der Waals surface area contributed by atoms with Crippen LogP contribution < -0.4 is 10.0 Å². The average molecular weight is 276 g/mol. The fourth-order valence-corrected chi connectivity index (χ4v) is 1.99. The van der Waals surface area contributed by atoms with E-state index in [4.69, 9.17) is 4.74 Å². The molecule has 0 aromatic heterocycles. The van der Waals surface area contributed by atoms with E-state index < -0.39 is 7.80 Å². The predicted molar refractivity (Wildman–Crippen MR) is 79.6 cm³/mol. The summed E-state index contributed by atoms with van der Waals surface area (Å²) in [5.41, 5.74) is 1.32. The van der Waals surface area contributed by atoms with Crippen molar-refractivity contribution < 1.29 is 14.1 Å². The topological polar surface area (TPSA) is 43.4 Å². The second-order valence-electron chi connectivity index (χ2n) is 3.87. The quantitative estimate of drug-likeness (QED) is 0.639. The highest BCUT2D eigenvalue weighted by Crippen LogP contribution is 2.16. The Balaban J connectivity index is 0.000000218. The molecule has 1 atom stereocenters. The Kier molecular flexibility index (Phi) is 6.62. The lowest BCUT2D eigenvalue weighted by Crippen LogP contribution is -1.95. The number of benzene rings is 2. The number of carbonyl (C=O) groups is 1. The van der Waals surface area contributed by atoms with Crippen LogP contribution in [0.3, 0.4) is 0 Å². The molecule has 0 heterocycles. The van der Waals surface area contributed by atoms with Gasteiger partial charge in [-0.05, 0) is 31.2 Å². The predicted octanol–water partition coefficient (Wildman–Crippen LogP) is 3.07. The van der Waals surface area contributed by atoms with Crippen LogP contribution in [-0.4, -0.2) is 13.1 Å². The lowest BCUT2D eigenvalue weighted by molar-refractivity contribution is 0.415. The first-order valence-corrected chi connectivity index (χ1v) is 7.31. The van der Waals surface area contributed by atoms with Crippen LogP contribution >= 0.6 is 7.80 Å². The molecule has 0 bridgehead atoms. The molecule has 0 N–H and O–H groups in total. The summed E-state index contributed by atoms with van der Waals surface area (Å²) in [5.74, 6) is 0.694. The Morgan fingerprint density at radius 3 is 1.95 bits per heavy atom. The van der Waals surface area contributed by atoms with Crippen molar-refractivity contribution in [1.82, 2.24) is 0 Å². The number of hydrogen-bond acceptors (Lipinski definition) is 3. The van der Waals surface area contributed by atoms with E-state index in [0.29, 0.717) is 17.1 Å². The lowest BCUT2D eigenvalue weighted by atomic mass is 10.2. The summed E-state index contributed by atoms with van der Waals surface area (Å²) >= 11 is 0. The van der Waals surface area contributed by atoms with Crippen LogP contribution in [0.5, 0.6) is 5.75 Å². The highest BCUT2D eigenvalue weighted by Gasteiger charge is 2.00. The molecule has 2 aromatic carbocycles. The van der Waals surface area contributed by atoms with E-state index in [-0.39, 0.29) is 0 Å². The molecule has 0 amide bonds. The summed E-state index contributed by atoms with van der Waals surface area (Å²) in [7, 11) is -0.664. The summed E-state index contributed by atoms with van der Waals surface area (Å²) < 4.78 is 15.9. The minimum atomic E-state index is -2.22. The number of methoxy groups -OCH3 is 1. The molecule has 0 aliphatic heterocycles. The molecule has 2 rings (SSSR count). The molecular formula is C15H17O3P. The maximum absolute atomic E-state index is 11.0. The highest BCUT2D eigenvalue weighted by molar-refractivity contribution is 7.68. The van der Waals surface area contributed by atoms with E-state index in [0.717, 1.165) is 0 Å². The standard InChI is InChI=1S/C8H9O3P.C7H8/c1-11-7-2-4-8(5-3-7)12(10)6-9;1-7-5-3-2-4-6-7/h2-6,12H,1H3;2-6H,1H3.